The van der Waals surface area contributed by atoms with Crippen LogP contribution in [0.4, 0.5) is 17.8 Å². The van der Waals surface area contributed by atoms with Crippen LogP contribution in [0.15, 0.2) is 0 Å². The third-order valence-electron chi connectivity index (χ3n) is 12.0. The highest BCUT2D eigenvalue weighted by Crippen LogP contribution is 2.42. The Morgan fingerprint density at radius 3 is 1.36 bits per heavy atom. The van der Waals surface area contributed by atoms with Crippen molar-refractivity contribution in [3.63, 3.8) is 0 Å². The standard InChI is InChI=1S/C37H70N8/c1-13-15-22-44(29-24-34(3,4)42(11)35(5,6)25-29)32-39-31(38-28-20-18-17-19-21-28)40-33(41-32)45(23-16-14-2)30-26-36(7,8)43(12)37(9,10)27-30/h28-30H,13-27H2,1-12H3,(H,38,39,40,41). The van der Waals surface area contributed by atoms with Gasteiger partial charge in [0, 0.05) is 53.4 Å². The summed E-state index contributed by atoms with van der Waals surface area (Å²) in [6.45, 7) is 25.8. The molecule has 1 aliphatic carbocycles. The molecule has 0 atom stereocenters. The number of piperidine rings is 2. The minimum absolute atomic E-state index is 0.0916. The molecule has 3 heterocycles. The molecule has 4 rings (SSSR count). The van der Waals surface area contributed by atoms with Crippen molar-refractivity contribution in [1.29, 1.82) is 0 Å². The van der Waals surface area contributed by atoms with E-state index in [0.29, 0.717) is 18.1 Å². The van der Waals surface area contributed by atoms with Gasteiger partial charge in [-0.25, -0.2) is 0 Å². The summed E-state index contributed by atoms with van der Waals surface area (Å²) in [5.74, 6) is 2.53. The molecule has 0 amide bonds. The molecule has 0 spiro atoms. The summed E-state index contributed by atoms with van der Waals surface area (Å²) in [6, 6.07) is 1.19. The molecule has 1 aromatic rings. The van der Waals surface area contributed by atoms with Gasteiger partial charge in [-0.2, -0.15) is 15.0 Å². The molecule has 2 saturated heterocycles. The zero-order valence-corrected chi connectivity index (χ0v) is 31.5. The summed E-state index contributed by atoms with van der Waals surface area (Å²) in [5.41, 5.74) is 0.367. The van der Waals surface area contributed by atoms with Crippen LogP contribution in [0.5, 0.6) is 0 Å². The van der Waals surface area contributed by atoms with Gasteiger partial charge in [-0.1, -0.05) is 46.0 Å². The second kappa shape index (κ2) is 14.2. The summed E-state index contributed by atoms with van der Waals surface area (Å²) < 4.78 is 0. The Kier molecular flexibility index (Phi) is 11.4. The number of unbranched alkanes of at least 4 members (excludes halogenated alkanes) is 2. The SMILES string of the molecule is CCCCN(c1nc(NC2CCCCC2)nc(N(CCCC)C2CC(C)(C)N(C)C(C)(C)C2)n1)C1CC(C)(C)N(C)C(C)(C)C1. The van der Waals surface area contributed by atoms with E-state index in [0.717, 1.165) is 82.3 Å². The lowest BCUT2D eigenvalue weighted by Gasteiger charge is -2.56. The number of anilines is 3. The Labute approximate surface area is 277 Å². The smallest absolute Gasteiger partial charge is 0.232 e. The molecule has 0 aromatic carbocycles. The van der Waals surface area contributed by atoms with E-state index >= 15 is 0 Å². The first-order chi connectivity index (χ1) is 21.0. The van der Waals surface area contributed by atoms with Crippen LogP contribution < -0.4 is 15.1 Å². The number of hydrogen-bond donors (Lipinski definition) is 1. The Hall–Kier alpha value is -1.67. The molecule has 3 fully saturated rings. The highest BCUT2D eigenvalue weighted by molar-refractivity contribution is 5.47. The lowest BCUT2D eigenvalue weighted by Crippen LogP contribution is -2.63. The number of aromatic nitrogens is 3. The monoisotopic (exact) mass is 627 g/mol. The molecule has 258 valence electrons. The van der Waals surface area contributed by atoms with Crippen molar-refractivity contribution >= 4 is 17.8 Å². The topological polar surface area (TPSA) is 63.7 Å². The molecule has 1 N–H and O–H groups in total. The number of nitrogens with one attached hydrogen (secondary N) is 1. The minimum Gasteiger partial charge on any atom is -0.351 e. The molecule has 1 saturated carbocycles. The Morgan fingerprint density at radius 2 is 1.00 bits per heavy atom. The normalized spacial score (nSPS) is 24.4. The first-order valence-electron chi connectivity index (χ1n) is 18.5. The number of likely N-dealkylation sites (tertiary alicyclic amines) is 2. The molecule has 0 bridgehead atoms. The predicted molar refractivity (Wildman–Crippen MR) is 193 cm³/mol. The second-order valence-corrected chi connectivity index (χ2v) is 17.3. The van der Waals surface area contributed by atoms with Crippen LogP contribution >= 0.6 is 0 Å². The zero-order chi connectivity index (χ0) is 33.2. The van der Waals surface area contributed by atoms with Gasteiger partial charge in [-0.3, -0.25) is 9.80 Å². The summed E-state index contributed by atoms with van der Waals surface area (Å²) in [4.78, 5) is 26.4. The number of rotatable bonds is 12. The van der Waals surface area contributed by atoms with Crippen molar-refractivity contribution in [1.82, 2.24) is 24.8 Å². The molecule has 1 aromatic heterocycles. The highest BCUT2D eigenvalue weighted by Gasteiger charge is 2.47. The van der Waals surface area contributed by atoms with Crippen molar-refractivity contribution in [3.8, 4) is 0 Å². The lowest BCUT2D eigenvalue weighted by molar-refractivity contribution is -0.0130. The summed E-state index contributed by atoms with van der Waals surface area (Å²) in [7, 11) is 4.60. The lowest BCUT2D eigenvalue weighted by atomic mass is 9.77. The maximum atomic E-state index is 5.47. The highest BCUT2D eigenvalue weighted by atomic mass is 15.4. The van der Waals surface area contributed by atoms with Crippen LogP contribution in [0.1, 0.15) is 153 Å². The van der Waals surface area contributed by atoms with E-state index in [1.54, 1.807) is 0 Å². The predicted octanol–water partition coefficient (Wildman–Crippen LogP) is 8.13. The molecule has 3 aliphatic rings. The third kappa shape index (κ3) is 8.44. The van der Waals surface area contributed by atoms with E-state index in [9.17, 15) is 0 Å². The van der Waals surface area contributed by atoms with Crippen LogP contribution in [-0.4, -0.2) is 92.2 Å². The average molecular weight is 627 g/mol. The first-order valence-corrected chi connectivity index (χ1v) is 18.5. The Bertz CT molecular complexity index is 984. The molecule has 45 heavy (non-hydrogen) atoms. The van der Waals surface area contributed by atoms with Crippen molar-refractivity contribution in [2.45, 2.75) is 193 Å². The van der Waals surface area contributed by atoms with Crippen LogP contribution in [0.25, 0.3) is 0 Å². The fourth-order valence-electron chi connectivity index (χ4n) is 8.73. The zero-order valence-electron chi connectivity index (χ0n) is 31.5. The molecule has 8 heteroatoms. The van der Waals surface area contributed by atoms with Crippen molar-refractivity contribution < 1.29 is 0 Å². The third-order valence-corrected chi connectivity index (χ3v) is 12.0. The number of hydrogen-bond acceptors (Lipinski definition) is 8. The van der Waals surface area contributed by atoms with Crippen LogP contribution in [-0.2, 0) is 0 Å². The van der Waals surface area contributed by atoms with Crippen LogP contribution in [0.3, 0.4) is 0 Å². The molecular formula is C37H70N8. The van der Waals surface area contributed by atoms with Gasteiger partial charge in [-0.15, -0.1) is 0 Å². The summed E-state index contributed by atoms with van der Waals surface area (Å²) in [5, 5.41) is 3.84. The second-order valence-electron chi connectivity index (χ2n) is 17.3. The van der Waals surface area contributed by atoms with Crippen molar-refractivity contribution in [2.75, 3.05) is 42.3 Å². The maximum Gasteiger partial charge on any atom is 0.232 e. The summed E-state index contributed by atoms with van der Waals surface area (Å²) in [6.07, 6.45) is 15.3. The van der Waals surface area contributed by atoms with E-state index in [1.165, 1.54) is 32.1 Å². The molecule has 2 aliphatic heterocycles. The largest absolute Gasteiger partial charge is 0.351 e. The van der Waals surface area contributed by atoms with Gasteiger partial charge in [0.25, 0.3) is 0 Å². The van der Waals surface area contributed by atoms with Gasteiger partial charge in [0.05, 0.1) is 0 Å². The van der Waals surface area contributed by atoms with Gasteiger partial charge in [0.15, 0.2) is 0 Å². The van der Waals surface area contributed by atoms with E-state index in [1.807, 2.05) is 0 Å². The quantitative estimate of drug-likeness (QED) is 0.250. The first kappa shape index (κ1) is 36.2. The fraction of sp³-hybridized carbons (Fsp3) is 0.919. The average Bonchev–Trinajstić information content (AvgIpc) is 2.95. The molecule has 0 unspecified atom stereocenters. The Balaban J connectivity index is 1.81. The van der Waals surface area contributed by atoms with Crippen molar-refractivity contribution in [3.05, 3.63) is 0 Å². The van der Waals surface area contributed by atoms with Gasteiger partial charge in [-0.05, 0) is 121 Å². The van der Waals surface area contributed by atoms with E-state index in [2.05, 4.69) is 108 Å². The van der Waals surface area contributed by atoms with E-state index < -0.39 is 0 Å². The van der Waals surface area contributed by atoms with Gasteiger partial charge in [0.1, 0.15) is 0 Å². The molecule has 0 radical (unpaired) electrons. The van der Waals surface area contributed by atoms with E-state index in [4.69, 9.17) is 15.0 Å². The fourth-order valence-corrected chi connectivity index (χ4v) is 8.73. The van der Waals surface area contributed by atoms with Gasteiger partial charge < -0.3 is 15.1 Å². The molecular weight excluding hydrogens is 556 g/mol. The van der Waals surface area contributed by atoms with E-state index in [-0.39, 0.29) is 22.2 Å². The molecule has 8 nitrogen and oxygen atoms in total. The maximum absolute atomic E-state index is 5.47. The van der Waals surface area contributed by atoms with Crippen LogP contribution in [0.2, 0.25) is 0 Å². The summed E-state index contributed by atoms with van der Waals surface area (Å²) >= 11 is 0. The van der Waals surface area contributed by atoms with Gasteiger partial charge >= 0.3 is 0 Å². The minimum atomic E-state index is 0.0916. The Morgan fingerprint density at radius 1 is 0.622 bits per heavy atom. The van der Waals surface area contributed by atoms with Crippen molar-refractivity contribution in [2.24, 2.45) is 0 Å². The van der Waals surface area contributed by atoms with Crippen LogP contribution in [0, 0.1) is 0 Å². The number of nitrogens with zero attached hydrogens (tertiary/aromatic N) is 7. The van der Waals surface area contributed by atoms with Gasteiger partial charge in [0.2, 0.25) is 17.8 Å².